The molecule has 0 saturated heterocycles. The molecule has 2 N–H and O–H groups in total. The van der Waals surface area contributed by atoms with Gasteiger partial charge < -0.3 is 10.6 Å². The molecule has 0 atom stereocenters. The lowest BCUT2D eigenvalue weighted by Crippen LogP contribution is -2.30. The molecule has 0 aliphatic rings. The summed E-state index contributed by atoms with van der Waals surface area (Å²) in [6.07, 6.45) is 0. The Morgan fingerprint density at radius 3 is 2.68 bits per heavy atom. The van der Waals surface area contributed by atoms with Crippen molar-refractivity contribution < 1.29 is 0 Å². The predicted molar refractivity (Wildman–Crippen MR) is 106 cm³/mol. The van der Waals surface area contributed by atoms with Crippen molar-refractivity contribution in [2.75, 3.05) is 17.6 Å². The quantitative estimate of drug-likeness (QED) is 0.532. The van der Waals surface area contributed by atoms with Gasteiger partial charge in [0.15, 0.2) is 5.11 Å². The number of thioether (sulfide) groups is 1. The summed E-state index contributed by atoms with van der Waals surface area (Å²) < 4.78 is 1.04. The number of hydrogen-bond donors (Lipinski definition) is 2. The molecule has 0 aromatic heterocycles. The fourth-order valence-corrected chi connectivity index (χ4v) is 3.29. The first kappa shape index (κ1) is 17.3. The Morgan fingerprint density at radius 2 is 1.95 bits per heavy atom. The largest absolute Gasteiger partial charge is 0.362 e. The van der Waals surface area contributed by atoms with E-state index in [-0.39, 0.29) is 0 Å². The summed E-state index contributed by atoms with van der Waals surface area (Å²) in [5, 5.41) is 7.07. The van der Waals surface area contributed by atoms with Gasteiger partial charge in [-0.2, -0.15) is 11.8 Å². The summed E-state index contributed by atoms with van der Waals surface area (Å²) in [5.74, 6) is 2.06. The highest BCUT2D eigenvalue weighted by Crippen LogP contribution is 2.15. The average molecular weight is 395 g/mol. The minimum Gasteiger partial charge on any atom is -0.362 e. The van der Waals surface area contributed by atoms with Gasteiger partial charge in [0, 0.05) is 28.2 Å². The highest BCUT2D eigenvalue weighted by molar-refractivity contribution is 9.10. The van der Waals surface area contributed by atoms with Crippen molar-refractivity contribution in [3.63, 3.8) is 0 Å². The summed E-state index contributed by atoms with van der Waals surface area (Å²) in [6, 6.07) is 16.7. The lowest BCUT2D eigenvalue weighted by atomic mass is 10.2. The molecule has 2 aromatic carbocycles. The first-order valence-corrected chi connectivity index (χ1v) is 9.43. The van der Waals surface area contributed by atoms with Crippen LogP contribution >= 0.6 is 39.9 Å². The lowest BCUT2D eigenvalue weighted by Gasteiger charge is -2.10. The molecule has 0 amide bonds. The molecule has 0 radical (unpaired) electrons. The first-order chi connectivity index (χ1) is 10.6. The minimum atomic E-state index is 0.661. The molecule has 0 heterocycles. The molecule has 0 unspecified atom stereocenters. The molecule has 0 fully saturated rings. The number of thiocarbonyl (C=S) groups is 1. The summed E-state index contributed by atoms with van der Waals surface area (Å²) in [6.45, 7) is 2.97. The van der Waals surface area contributed by atoms with E-state index in [1.807, 2.05) is 36.0 Å². The number of anilines is 1. The van der Waals surface area contributed by atoms with Gasteiger partial charge in [0.25, 0.3) is 0 Å². The summed E-state index contributed by atoms with van der Waals surface area (Å²) >= 11 is 10.6. The monoisotopic (exact) mass is 394 g/mol. The number of rotatable bonds is 6. The fraction of sp³-hybridized carbons (Fsp3) is 0.235. The van der Waals surface area contributed by atoms with Gasteiger partial charge in [-0.05, 0) is 42.9 Å². The van der Waals surface area contributed by atoms with E-state index in [2.05, 4.69) is 57.8 Å². The van der Waals surface area contributed by atoms with Gasteiger partial charge in [0.2, 0.25) is 0 Å². The summed E-state index contributed by atoms with van der Waals surface area (Å²) in [5.41, 5.74) is 3.66. The van der Waals surface area contributed by atoms with E-state index in [9.17, 15) is 0 Å². The van der Waals surface area contributed by atoms with E-state index in [4.69, 9.17) is 12.2 Å². The third-order valence-corrected chi connectivity index (χ3v) is 4.77. The predicted octanol–water partition coefficient (Wildman–Crippen LogP) is 4.98. The zero-order valence-corrected chi connectivity index (χ0v) is 15.7. The summed E-state index contributed by atoms with van der Waals surface area (Å²) in [4.78, 5) is 0. The maximum absolute atomic E-state index is 5.29. The van der Waals surface area contributed by atoms with Crippen LogP contribution in [0.15, 0.2) is 53.0 Å². The standard InChI is InChI=1S/C17H19BrN2S2/c1-13-5-7-14(8-6-13)12-22-10-9-19-17(21)20-16-4-2-3-15(18)11-16/h2-8,11H,9-10,12H2,1H3,(H2,19,20,21). The highest BCUT2D eigenvalue weighted by atomic mass is 79.9. The molecular weight excluding hydrogens is 376 g/mol. The van der Waals surface area contributed by atoms with Crippen molar-refractivity contribution in [1.29, 1.82) is 0 Å². The van der Waals surface area contributed by atoms with Crippen LogP contribution in [0.5, 0.6) is 0 Å². The molecule has 116 valence electrons. The van der Waals surface area contributed by atoms with Crippen LogP contribution in [0.1, 0.15) is 11.1 Å². The van der Waals surface area contributed by atoms with E-state index in [0.717, 1.165) is 28.2 Å². The van der Waals surface area contributed by atoms with Crippen LogP contribution in [0, 0.1) is 6.92 Å². The second kappa shape index (κ2) is 9.18. The van der Waals surface area contributed by atoms with Crippen molar-refractivity contribution in [3.05, 3.63) is 64.1 Å². The number of aryl methyl sites for hydroxylation is 1. The topological polar surface area (TPSA) is 24.1 Å². The van der Waals surface area contributed by atoms with Crippen LogP contribution in [0.2, 0.25) is 0 Å². The fourth-order valence-electron chi connectivity index (χ4n) is 1.85. The zero-order chi connectivity index (χ0) is 15.8. The van der Waals surface area contributed by atoms with Crippen molar-refractivity contribution in [2.45, 2.75) is 12.7 Å². The average Bonchev–Trinajstić information content (AvgIpc) is 2.49. The Bertz CT molecular complexity index is 614. The van der Waals surface area contributed by atoms with Gasteiger partial charge in [-0.3, -0.25) is 0 Å². The van der Waals surface area contributed by atoms with Crippen molar-refractivity contribution in [1.82, 2.24) is 5.32 Å². The lowest BCUT2D eigenvalue weighted by molar-refractivity contribution is 0.990. The number of hydrogen-bond acceptors (Lipinski definition) is 2. The van der Waals surface area contributed by atoms with E-state index in [0.29, 0.717) is 5.11 Å². The van der Waals surface area contributed by atoms with Crippen LogP contribution in [-0.2, 0) is 5.75 Å². The molecular formula is C17H19BrN2S2. The Hall–Kier alpha value is -1.04. The van der Waals surface area contributed by atoms with Crippen LogP contribution in [0.25, 0.3) is 0 Å². The smallest absolute Gasteiger partial charge is 0.170 e. The van der Waals surface area contributed by atoms with Crippen molar-refractivity contribution in [2.24, 2.45) is 0 Å². The van der Waals surface area contributed by atoms with Crippen LogP contribution in [0.3, 0.4) is 0 Å². The molecule has 22 heavy (non-hydrogen) atoms. The van der Waals surface area contributed by atoms with Crippen molar-refractivity contribution in [3.8, 4) is 0 Å². The third-order valence-electron chi connectivity index (χ3n) is 3.00. The van der Waals surface area contributed by atoms with Crippen molar-refractivity contribution >= 4 is 50.7 Å². The molecule has 5 heteroatoms. The first-order valence-electron chi connectivity index (χ1n) is 7.07. The Balaban J connectivity index is 1.62. The molecule has 0 saturated carbocycles. The number of benzene rings is 2. The second-order valence-electron chi connectivity index (χ2n) is 4.93. The number of nitrogens with one attached hydrogen (secondary N) is 2. The number of halogens is 1. The Kier molecular flexibility index (Phi) is 7.22. The van der Waals surface area contributed by atoms with E-state index in [1.54, 1.807) is 0 Å². The van der Waals surface area contributed by atoms with Gasteiger partial charge in [-0.1, -0.05) is 51.8 Å². The van der Waals surface area contributed by atoms with E-state index in [1.165, 1.54) is 11.1 Å². The Morgan fingerprint density at radius 1 is 1.18 bits per heavy atom. The van der Waals surface area contributed by atoms with Gasteiger partial charge in [-0.15, -0.1) is 0 Å². The highest BCUT2D eigenvalue weighted by Gasteiger charge is 1.98. The summed E-state index contributed by atoms with van der Waals surface area (Å²) in [7, 11) is 0. The van der Waals surface area contributed by atoms with Gasteiger partial charge in [0.1, 0.15) is 0 Å². The SMILES string of the molecule is Cc1ccc(CSCCNC(=S)Nc2cccc(Br)c2)cc1. The molecule has 0 bridgehead atoms. The zero-order valence-electron chi connectivity index (χ0n) is 12.4. The molecule has 0 spiro atoms. The molecule has 2 aromatic rings. The maximum atomic E-state index is 5.29. The van der Waals surface area contributed by atoms with Crippen LogP contribution in [-0.4, -0.2) is 17.4 Å². The molecule has 0 aliphatic heterocycles. The van der Waals surface area contributed by atoms with Gasteiger partial charge in [0.05, 0.1) is 0 Å². The van der Waals surface area contributed by atoms with Gasteiger partial charge >= 0.3 is 0 Å². The Labute approximate surface area is 150 Å². The van der Waals surface area contributed by atoms with Crippen LogP contribution in [0.4, 0.5) is 5.69 Å². The van der Waals surface area contributed by atoms with Gasteiger partial charge in [-0.25, -0.2) is 0 Å². The third kappa shape index (κ3) is 6.38. The minimum absolute atomic E-state index is 0.661. The molecule has 0 aliphatic carbocycles. The van der Waals surface area contributed by atoms with E-state index >= 15 is 0 Å². The van der Waals surface area contributed by atoms with Crippen LogP contribution < -0.4 is 10.6 Å². The molecule has 2 rings (SSSR count). The van der Waals surface area contributed by atoms with E-state index < -0.39 is 0 Å². The second-order valence-corrected chi connectivity index (χ2v) is 7.36. The normalized spacial score (nSPS) is 10.3. The molecule has 2 nitrogen and oxygen atoms in total. The maximum Gasteiger partial charge on any atom is 0.170 e.